The lowest BCUT2D eigenvalue weighted by Gasteiger charge is -2.25. The molecule has 4 nitrogen and oxygen atoms in total. The quantitative estimate of drug-likeness (QED) is 0.329. The van der Waals surface area contributed by atoms with Crippen molar-refractivity contribution in [3.8, 4) is 0 Å². The number of hydrogen-bond donors (Lipinski definition) is 1. The molecule has 0 atom stereocenters. The number of rotatable bonds is 3. The Kier molecular flexibility index (Phi) is 7.43. The highest BCUT2D eigenvalue weighted by atomic mass is 16.6. The Morgan fingerprint density at radius 3 is 2.00 bits per heavy atom. The molecule has 0 aliphatic heterocycles. The maximum atomic E-state index is 5.87. The van der Waals surface area contributed by atoms with Crippen LogP contribution in [0.1, 0.15) is 103 Å². The normalized spacial score (nSPS) is 25.2. The van der Waals surface area contributed by atoms with Crippen LogP contribution >= 0.6 is 0 Å². The summed E-state index contributed by atoms with van der Waals surface area (Å²) in [4.78, 5) is 10.8. The second-order valence-electron chi connectivity index (χ2n) is 7.87. The van der Waals surface area contributed by atoms with Gasteiger partial charge in [0.2, 0.25) is 0 Å². The number of nitrogens with one attached hydrogen (secondary N) is 1. The van der Waals surface area contributed by atoms with Gasteiger partial charge >= 0.3 is 6.02 Å². The van der Waals surface area contributed by atoms with E-state index in [1.807, 2.05) is 0 Å². The number of nitrogens with zero attached hydrogens (tertiary/aromatic N) is 2. The Hall–Kier alpha value is -1.06. The lowest BCUT2D eigenvalue weighted by atomic mass is 9.95. The molecule has 0 unspecified atom stereocenters. The summed E-state index contributed by atoms with van der Waals surface area (Å²) in [5, 5.41) is 8.08. The van der Waals surface area contributed by atoms with Crippen LogP contribution < -0.4 is 5.32 Å². The Labute approximate surface area is 147 Å². The minimum Gasteiger partial charge on any atom is -0.335 e. The summed E-state index contributed by atoms with van der Waals surface area (Å²) < 4.78 is 0. The largest absolute Gasteiger partial charge is 0.335 e. The van der Waals surface area contributed by atoms with Crippen molar-refractivity contribution >= 4 is 11.7 Å². The second-order valence-corrected chi connectivity index (χ2v) is 7.87. The van der Waals surface area contributed by atoms with Crippen molar-refractivity contribution in [2.24, 2.45) is 10.1 Å². The Morgan fingerprint density at radius 2 is 1.33 bits per heavy atom. The minimum absolute atomic E-state index is 0.430. The van der Waals surface area contributed by atoms with E-state index >= 15 is 0 Å². The van der Waals surface area contributed by atoms with Crippen LogP contribution in [0.4, 0.5) is 0 Å². The molecule has 3 aliphatic carbocycles. The molecule has 136 valence electrons. The van der Waals surface area contributed by atoms with E-state index in [0.717, 1.165) is 12.8 Å². The molecular weight excluding hydrogens is 298 g/mol. The van der Waals surface area contributed by atoms with E-state index in [-0.39, 0.29) is 0 Å². The molecule has 0 aromatic heterocycles. The van der Waals surface area contributed by atoms with Gasteiger partial charge in [0.1, 0.15) is 0 Å². The average Bonchev–Trinajstić information content (AvgIpc) is 2.90. The molecule has 3 fully saturated rings. The molecule has 24 heavy (non-hydrogen) atoms. The van der Waals surface area contributed by atoms with Gasteiger partial charge < -0.3 is 10.2 Å². The first-order chi connectivity index (χ1) is 11.9. The predicted octanol–water partition coefficient (Wildman–Crippen LogP) is 5.32. The van der Waals surface area contributed by atoms with Gasteiger partial charge in [-0.2, -0.15) is 0 Å². The Balaban J connectivity index is 1.61. The molecule has 3 rings (SSSR count). The monoisotopic (exact) mass is 333 g/mol. The van der Waals surface area contributed by atoms with Crippen molar-refractivity contribution in [1.29, 1.82) is 0 Å². The first-order valence-electron chi connectivity index (χ1n) is 10.5. The number of oxime groups is 1. The SMILES string of the molecule is C1CCCC(=NOC(=NC2CCCCC2)NC2CCCCC2)CC1. The number of amidine groups is 1. The van der Waals surface area contributed by atoms with E-state index in [1.165, 1.54) is 95.6 Å². The van der Waals surface area contributed by atoms with E-state index in [1.54, 1.807) is 0 Å². The number of aliphatic imine (C=N–C) groups is 1. The van der Waals surface area contributed by atoms with Crippen molar-refractivity contribution in [2.75, 3.05) is 0 Å². The van der Waals surface area contributed by atoms with Gasteiger partial charge in [0.25, 0.3) is 0 Å². The van der Waals surface area contributed by atoms with Gasteiger partial charge in [-0.1, -0.05) is 56.5 Å². The molecule has 0 aromatic carbocycles. The fourth-order valence-corrected chi connectivity index (χ4v) is 4.22. The van der Waals surface area contributed by atoms with Crippen LogP contribution in [0, 0.1) is 0 Å². The van der Waals surface area contributed by atoms with E-state index in [4.69, 9.17) is 9.83 Å². The van der Waals surface area contributed by atoms with E-state index < -0.39 is 0 Å². The van der Waals surface area contributed by atoms with Crippen LogP contribution in [-0.4, -0.2) is 23.8 Å². The fraction of sp³-hybridized carbons (Fsp3) is 0.900. The zero-order chi connectivity index (χ0) is 16.5. The van der Waals surface area contributed by atoms with Gasteiger partial charge in [0.05, 0.1) is 11.8 Å². The molecule has 0 heterocycles. The summed E-state index contributed by atoms with van der Waals surface area (Å²) in [6.07, 6.45) is 20.3. The van der Waals surface area contributed by atoms with Crippen molar-refractivity contribution < 1.29 is 4.84 Å². The standard InChI is InChI=1S/C20H35N3O/c1-2-6-16-19(15-5-1)23-24-20(21-17-11-7-3-8-12-17)22-18-13-9-4-10-14-18/h17-18H,1-16H2,(H,21,22). The minimum atomic E-state index is 0.430. The van der Waals surface area contributed by atoms with Gasteiger partial charge in [-0.3, -0.25) is 0 Å². The lowest BCUT2D eigenvalue weighted by Crippen LogP contribution is -2.38. The molecule has 0 amide bonds. The maximum absolute atomic E-state index is 5.87. The van der Waals surface area contributed by atoms with Crippen LogP contribution in [-0.2, 0) is 4.84 Å². The van der Waals surface area contributed by atoms with Crippen LogP contribution in [0.3, 0.4) is 0 Å². The summed E-state index contributed by atoms with van der Waals surface area (Å²) >= 11 is 0. The fourth-order valence-electron chi connectivity index (χ4n) is 4.22. The molecule has 1 N–H and O–H groups in total. The predicted molar refractivity (Wildman–Crippen MR) is 101 cm³/mol. The van der Waals surface area contributed by atoms with E-state index in [9.17, 15) is 0 Å². The summed E-state index contributed by atoms with van der Waals surface area (Å²) in [5.41, 5.74) is 1.23. The van der Waals surface area contributed by atoms with Crippen molar-refractivity contribution in [2.45, 2.75) is 115 Å². The van der Waals surface area contributed by atoms with Crippen molar-refractivity contribution in [3.63, 3.8) is 0 Å². The first kappa shape index (κ1) is 17.8. The third kappa shape index (κ3) is 6.10. The van der Waals surface area contributed by atoms with Gasteiger partial charge in [-0.05, 0) is 51.4 Å². The average molecular weight is 334 g/mol. The van der Waals surface area contributed by atoms with Crippen LogP contribution in [0.5, 0.6) is 0 Å². The van der Waals surface area contributed by atoms with Crippen molar-refractivity contribution in [1.82, 2.24) is 5.32 Å². The molecule has 0 aromatic rings. The lowest BCUT2D eigenvalue weighted by molar-refractivity contribution is 0.283. The Morgan fingerprint density at radius 1 is 0.750 bits per heavy atom. The molecule has 0 radical (unpaired) electrons. The zero-order valence-electron chi connectivity index (χ0n) is 15.3. The van der Waals surface area contributed by atoms with Gasteiger partial charge in [0.15, 0.2) is 0 Å². The van der Waals surface area contributed by atoms with Crippen LogP contribution in [0.15, 0.2) is 10.1 Å². The first-order valence-corrected chi connectivity index (χ1v) is 10.5. The highest BCUT2D eigenvalue weighted by Crippen LogP contribution is 2.22. The molecule has 4 heteroatoms. The second kappa shape index (κ2) is 10.0. The van der Waals surface area contributed by atoms with Crippen LogP contribution in [0.25, 0.3) is 0 Å². The third-order valence-corrected chi connectivity index (χ3v) is 5.75. The highest BCUT2D eigenvalue weighted by Gasteiger charge is 2.19. The number of hydrogen-bond acceptors (Lipinski definition) is 3. The maximum Gasteiger partial charge on any atom is 0.315 e. The van der Waals surface area contributed by atoms with E-state index in [2.05, 4.69) is 10.5 Å². The van der Waals surface area contributed by atoms with Crippen molar-refractivity contribution in [3.05, 3.63) is 0 Å². The van der Waals surface area contributed by atoms with Crippen LogP contribution in [0.2, 0.25) is 0 Å². The topological polar surface area (TPSA) is 46.0 Å². The van der Waals surface area contributed by atoms with Gasteiger partial charge in [0, 0.05) is 6.04 Å². The molecule has 0 spiro atoms. The highest BCUT2D eigenvalue weighted by molar-refractivity contribution is 5.85. The molecule has 0 saturated heterocycles. The Bertz CT molecular complexity index is 411. The third-order valence-electron chi connectivity index (χ3n) is 5.75. The molecular formula is C20H35N3O. The van der Waals surface area contributed by atoms with Gasteiger partial charge in [-0.25, -0.2) is 4.99 Å². The molecule has 0 bridgehead atoms. The van der Waals surface area contributed by atoms with Gasteiger partial charge in [-0.15, -0.1) is 0 Å². The summed E-state index contributed by atoms with van der Waals surface area (Å²) in [7, 11) is 0. The summed E-state index contributed by atoms with van der Waals surface area (Å²) in [5.74, 6) is 0. The summed E-state index contributed by atoms with van der Waals surface area (Å²) in [6, 6.07) is 1.65. The smallest absolute Gasteiger partial charge is 0.315 e. The zero-order valence-corrected chi connectivity index (χ0v) is 15.3. The molecule has 3 saturated carbocycles. The van der Waals surface area contributed by atoms with E-state index in [0.29, 0.717) is 18.1 Å². The molecule has 3 aliphatic rings. The summed E-state index contributed by atoms with van der Waals surface area (Å²) in [6.45, 7) is 0.